The van der Waals surface area contributed by atoms with E-state index in [9.17, 15) is 26.4 Å². The molecule has 1 fully saturated rings. The van der Waals surface area contributed by atoms with E-state index in [1.165, 1.54) is 40.7 Å². The maximum absolute atomic E-state index is 14.6. The molecule has 0 spiro atoms. The van der Waals surface area contributed by atoms with Gasteiger partial charge < -0.3 is 10.2 Å². The molecule has 1 amide bonds. The van der Waals surface area contributed by atoms with Crippen LogP contribution in [0.3, 0.4) is 0 Å². The first-order chi connectivity index (χ1) is 15.8. The topological polar surface area (TPSA) is 69.7 Å². The molecule has 10 heteroatoms. The monoisotopic (exact) mass is 475 g/mol. The number of rotatable bonds is 5. The molecule has 6 nitrogen and oxygen atoms in total. The van der Waals surface area contributed by atoms with Crippen molar-refractivity contribution in [2.24, 2.45) is 0 Å². The second kappa shape index (κ2) is 9.24. The number of benzene rings is 3. The minimum atomic E-state index is -3.97. The van der Waals surface area contributed by atoms with E-state index in [1.54, 1.807) is 12.1 Å². The summed E-state index contributed by atoms with van der Waals surface area (Å²) in [6.07, 6.45) is 0. The Morgan fingerprint density at radius 1 is 0.818 bits per heavy atom. The minimum absolute atomic E-state index is 0.174. The minimum Gasteiger partial charge on any atom is -0.369 e. The Hall–Kier alpha value is -3.37. The van der Waals surface area contributed by atoms with Crippen molar-refractivity contribution in [1.29, 1.82) is 0 Å². The van der Waals surface area contributed by atoms with Crippen molar-refractivity contribution < 1.29 is 26.4 Å². The second-order valence-corrected chi connectivity index (χ2v) is 9.38. The molecule has 1 aliphatic rings. The molecule has 0 radical (unpaired) electrons. The van der Waals surface area contributed by atoms with Crippen LogP contribution in [0.25, 0.3) is 0 Å². The zero-order valence-corrected chi connectivity index (χ0v) is 18.2. The fraction of sp³-hybridized carbons (Fsp3) is 0.174. The van der Waals surface area contributed by atoms with Gasteiger partial charge in [0.2, 0.25) is 10.0 Å². The number of anilines is 2. The van der Waals surface area contributed by atoms with E-state index < -0.39 is 27.6 Å². The molecular weight excluding hydrogens is 455 g/mol. The summed E-state index contributed by atoms with van der Waals surface area (Å²) in [5.41, 5.74) is 0.269. The first kappa shape index (κ1) is 22.8. The van der Waals surface area contributed by atoms with E-state index in [2.05, 4.69) is 5.32 Å². The summed E-state index contributed by atoms with van der Waals surface area (Å²) in [6.45, 7) is 1.13. The van der Waals surface area contributed by atoms with Crippen molar-refractivity contribution in [3.05, 3.63) is 89.7 Å². The summed E-state index contributed by atoms with van der Waals surface area (Å²) < 4.78 is 68.7. The van der Waals surface area contributed by atoms with Gasteiger partial charge in [0.15, 0.2) is 0 Å². The van der Waals surface area contributed by atoms with Crippen molar-refractivity contribution in [2.75, 3.05) is 36.4 Å². The highest BCUT2D eigenvalue weighted by atomic mass is 32.2. The highest BCUT2D eigenvalue weighted by Gasteiger charge is 2.29. The molecule has 0 aliphatic carbocycles. The highest BCUT2D eigenvalue weighted by molar-refractivity contribution is 7.89. The molecule has 1 heterocycles. The van der Waals surface area contributed by atoms with Crippen LogP contribution in [-0.2, 0) is 10.0 Å². The lowest BCUT2D eigenvalue weighted by Crippen LogP contribution is -2.48. The Bertz CT molecular complexity index is 1280. The average Bonchev–Trinajstić information content (AvgIpc) is 2.81. The van der Waals surface area contributed by atoms with Crippen LogP contribution in [0, 0.1) is 17.5 Å². The molecule has 3 aromatic rings. The van der Waals surface area contributed by atoms with Gasteiger partial charge in [0.25, 0.3) is 5.91 Å². The third-order valence-corrected chi connectivity index (χ3v) is 7.27. The van der Waals surface area contributed by atoms with E-state index in [0.29, 0.717) is 13.1 Å². The number of piperazine rings is 1. The van der Waals surface area contributed by atoms with Crippen LogP contribution in [0.5, 0.6) is 0 Å². The van der Waals surface area contributed by atoms with E-state index >= 15 is 0 Å². The average molecular weight is 475 g/mol. The number of sulfonamides is 1. The Labute approximate surface area is 189 Å². The van der Waals surface area contributed by atoms with Crippen molar-refractivity contribution in [3.63, 3.8) is 0 Å². The number of amides is 1. The van der Waals surface area contributed by atoms with Gasteiger partial charge in [0.05, 0.1) is 16.1 Å². The first-order valence-corrected chi connectivity index (χ1v) is 11.6. The zero-order valence-electron chi connectivity index (χ0n) is 17.3. The number of hydrogen-bond donors (Lipinski definition) is 1. The van der Waals surface area contributed by atoms with E-state index in [4.69, 9.17) is 0 Å². The quantitative estimate of drug-likeness (QED) is 0.609. The molecular formula is C23H20F3N3O3S. The molecule has 4 rings (SSSR count). The van der Waals surface area contributed by atoms with Crippen molar-refractivity contribution in [2.45, 2.75) is 4.90 Å². The molecule has 0 atom stereocenters. The highest BCUT2D eigenvalue weighted by Crippen LogP contribution is 2.25. The number of halogens is 3. The van der Waals surface area contributed by atoms with Gasteiger partial charge in [0, 0.05) is 31.9 Å². The maximum atomic E-state index is 14.6. The molecule has 33 heavy (non-hydrogen) atoms. The summed E-state index contributed by atoms with van der Waals surface area (Å²) in [6, 6.07) is 14.4. The fourth-order valence-corrected chi connectivity index (χ4v) is 5.01. The van der Waals surface area contributed by atoms with Crippen molar-refractivity contribution in [3.8, 4) is 0 Å². The van der Waals surface area contributed by atoms with Crippen LogP contribution >= 0.6 is 0 Å². The Balaban J connectivity index is 1.45. The van der Waals surface area contributed by atoms with E-state index in [-0.39, 0.29) is 35.1 Å². The standard InChI is InChI=1S/C23H20F3N3O3S/c24-16-5-7-17(8-6-16)28-11-13-29(14-12-28)33(31,32)18-9-10-22(21(26)15-18)27-23(30)19-3-1-2-4-20(19)25/h1-10,15H,11-14H2,(H,27,30). The molecule has 0 saturated carbocycles. The maximum Gasteiger partial charge on any atom is 0.258 e. The van der Waals surface area contributed by atoms with Crippen molar-refractivity contribution >= 4 is 27.3 Å². The summed E-state index contributed by atoms with van der Waals surface area (Å²) in [5, 5.41) is 2.26. The summed E-state index contributed by atoms with van der Waals surface area (Å²) in [5.74, 6) is -2.91. The molecule has 1 saturated heterocycles. The molecule has 3 aromatic carbocycles. The van der Waals surface area contributed by atoms with Crippen LogP contribution in [0.2, 0.25) is 0 Å². The molecule has 0 bridgehead atoms. The van der Waals surface area contributed by atoms with Crippen LogP contribution < -0.4 is 10.2 Å². The van der Waals surface area contributed by atoms with Crippen LogP contribution in [0.15, 0.2) is 71.6 Å². The van der Waals surface area contributed by atoms with Gasteiger partial charge >= 0.3 is 0 Å². The predicted octanol–water partition coefficient (Wildman–Crippen LogP) is 3.87. The van der Waals surface area contributed by atoms with Crippen LogP contribution in [0.4, 0.5) is 24.5 Å². The number of carbonyl (C=O) groups is 1. The summed E-state index contributed by atoms with van der Waals surface area (Å²) >= 11 is 0. The lowest BCUT2D eigenvalue weighted by atomic mass is 10.2. The molecule has 1 N–H and O–H groups in total. The molecule has 0 unspecified atom stereocenters. The van der Waals surface area contributed by atoms with Crippen LogP contribution in [0.1, 0.15) is 10.4 Å². The molecule has 0 aromatic heterocycles. The van der Waals surface area contributed by atoms with E-state index in [1.807, 2.05) is 4.90 Å². The fourth-order valence-electron chi connectivity index (χ4n) is 3.58. The number of nitrogens with zero attached hydrogens (tertiary/aromatic N) is 2. The molecule has 172 valence electrons. The lowest BCUT2D eigenvalue weighted by Gasteiger charge is -2.35. The number of hydrogen-bond acceptors (Lipinski definition) is 4. The van der Waals surface area contributed by atoms with Gasteiger partial charge in [0.1, 0.15) is 17.5 Å². The predicted molar refractivity (Wildman–Crippen MR) is 118 cm³/mol. The lowest BCUT2D eigenvalue weighted by molar-refractivity contribution is 0.102. The SMILES string of the molecule is O=C(Nc1ccc(S(=O)(=O)N2CCN(c3ccc(F)cc3)CC2)cc1F)c1ccccc1F. The van der Waals surface area contributed by atoms with Crippen molar-refractivity contribution in [1.82, 2.24) is 4.31 Å². The second-order valence-electron chi connectivity index (χ2n) is 7.44. The number of nitrogens with one attached hydrogen (secondary N) is 1. The smallest absolute Gasteiger partial charge is 0.258 e. The number of carbonyl (C=O) groups excluding carboxylic acids is 1. The van der Waals surface area contributed by atoms with E-state index in [0.717, 1.165) is 23.9 Å². The molecule has 1 aliphatic heterocycles. The Morgan fingerprint density at radius 2 is 1.48 bits per heavy atom. The van der Waals surface area contributed by atoms with Gasteiger partial charge in [-0.25, -0.2) is 21.6 Å². The van der Waals surface area contributed by atoms with Gasteiger partial charge in [-0.2, -0.15) is 4.31 Å². The third-order valence-electron chi connectivity index (χ3n) is 5.38. The third kappa shape index (κ3) is 4.86. The van der Waals surface area contributed by atoms with Gasteiger partial charge in [-0.3, -0.25) is 4.79 Å². The largest absolute Gasteiger partial charge is 0.369 e. The zero-order chi connectivity index (χ0) is 23.6. The van der Waals surface area contributed by atoms with Gasteiger partial charge in [-0.1, -0.05) is 12.1 Å². The van der Waals surface area contributed by atoms with Gasteiger partial charge in [-0.05, 0) is 54.6 Å². The Morgan fingerprint density at radius 3 is 2.12 bits per heavy atom. The van der Waals surface area contributed by atoms with Crippen LogP contribution in [-0.4, -0.2) is 44.8 Å². The van der Waals surface area contributed by atoms with Gasteiger partial charge in [-0.15, -0.1) is 0 Å². The summed E-state index contributed by atoms with van der Waals surface area (Å²) in [7, 11) is -3.97. The first-order valence-electron chi connectivity index (χ1n) is 10.1. The Kier molecular flexibility index (Phi) is 6.39. The normalized spacial score (nSPS) is 14.8. The summed E-state index contributed by atoms with van der Waals surface area (Å²) in [4.78, 5) is 13.9.